The van der Waals surface area contributed by atoms with Crippen LogP contribution in [0.25, 0.3) is 0 Å². The molecule has 0 aliphatic heterocycles. The van der Waals surface area contributed by atoms with E-state index in [9.17, 15) is 0 Å². The highest BCUT2D eigenvalue weighted by atomic mass is 35.5. The molecule has 0 bridgehead atoms. The van der Waals surface area contributed by atoms with E-state index in [2.05, 4.69) is 5.32 Å². The molecule has 15 heavy (non-hydrogen) atoms. The molecule has 0 radical (unpaired) electrons. The number of halogens is 1. The average molecular weight is 228 g/mol. The van der Waals surface area contributed by atoms with Crippen LogP contribution in [0.15, 0.2) is 24.3 Å². The van der Waals surface area contributed by atoms with Crippen LogP contribution in [0.4, 0.5) is 5.69 Å². The van der Waals surface area contributed by atoms with Crippen LogP contribution < -0.4 is 5.32 Å². The predicted octanol–water partition coefficient (Wildman–Crippen LogP) is 3.43. The maximum Gasteiger partial charge on any atom is 0.0715 e. The van der Waals surface area contributed by atoms with E-state index in [1.807, 2.05) is 38.1 Å². The van der Waals surface area contributed by atoms with Gasteiger partial charge in [0.1, 0.15) is 0 Å². The number of methoxy groups -OCH3 is 1. The first-order valence-electron chi connectivity index (χ1n) is 5.14. The van der Waals surface area contributed by atoms with Crippen molar-refractivity contribution in [3.05, 3.63) is 29.8 Å². The maximum atomic E-state index is 6.09. The molecule has 1 N–H and O–H groups in total. The number of ether oxygens (including phenoxy) is 1. The van der Waals surface area contributed by atoms with Crippen LogP contribution in [0.2, 0.25) is 0 Å². The van der Waals surface area contributed by atoms with Crippen molar-refractivity contribution in [1.82, 2.24) is 0 Å². The summed E-state index contributed by atoms with van der Waals surface area (Å²) in [5.74, 6) is 0. The van der Waals surface area contributed by atoms with Crippen molar-refractivity contribution in [3.63, 3.8) is 0 Å². The summed E-state index contributed by atoms with van der Waals surface area (Å²) in [7, 11) is 1.71. The largest absolute Gasteiger partial charge is 0.382 e. The lowest BCUT2D eigenvalue weighted by molar-refractivity contribution is 0.129. The summed E-state index contributed by atoms with van der Waals surface area (Å²) in [5.41, 5.74) is 2.21. The molecule has 2 atom stereocenters. The molecule has 0 amide bonds. The fourth-order valence-electron chi connectivity index (χ4n) is 1.34. The number of alkyl halides is 1. The van der Waals surface area contributed by atoms with Crippen LogP contribution in [0.5, 0.6) is 0 Å². The fraction of sp³-hybridized carbons (Fsp3) is 0.500. The van der Waals surface area contributed by atoms with Crippen molar-refractivity contribution in [2.75, 3.05) is 19.0 Å². The van der Waals surface area contributed by atoms with E-state index in [4.69, 9.17) is 16.3 Å². The average Bonchev–Trinajstić information content (AvgIpc) is 2.26. The Balaban J connectivity index is 2.67. The van der Waals surface area contributed by atoms with Gasteiger partial charge in [0.2, 0.25) is 0 Å². The minimum Gasteiger partial charge on any atom is -0.382 e. The Morgan fingerprint density at radius 2 is 2.00 bits per heavy atom. The van der Waals surface area contributed by atoms with Gasteiger partial charge in [0.05, 0.1) is 11.5 Å². The Kier molecular flexibility index (Phi) is 4.92. The third-order valence-electron chi connectivity index (χ3n) is 2.37. The number of hydrogen-bond donors (Lipinski definition) is 1. The normalized spacial score (nSPS) is 14.7. The second-order valence-corrected chi connectivity index (χ2v) is 4.29. The summed E-state index contributed by atoms with van der Waals surface area (Å²) in [5, 5.41) is 3.36. The van der Waals surface area contributed by atoms with Gasteiger partial charge in [-0.05, 0) is 25.5 Å². The zero-order chi connectivity index (χ0) is 11.3. The van der Waals surface area contributed by atoms with Gasteiger partial charge in [0.15, 0.2) is 0 Å². The van der Waals surface area contributed by atoms with Gasteiger partial charge in [0, 0.05) is 19.3 Å². The first-order chi connectivity index (χ1) is 7.15. The second-order valence-electron chi connectivity index (χ2n) is 3.63. The minimum atomic E-state index is 0.0200. The lowest BCUT2D eigenvalue weighted by Crippen LogP contribution is -2.18. The number of rotatable bonds is 5. The molecule has 2 nitrogen and oxygen atoms in total. The molecule has 0 saturated heterocycles. The minimum absolute atomic E-state index is 0.0200. The van der Waals surface area contributed by atoms with Crippen molar-refractivity contribution in [3.8, 4) is 0 Å². The van der Waals surface area contributed by atoms with Crippen LogP contribution in [-0.2, 0) is 4.74 Å². The van der Waals surface area contributed by atoms with Gasteiger partial charge in [-0.3, -0.25) is 0 Å². The van der Waals surface area contributed by atoms with E-state index in [1.165, 1.54) is 0 Å². The second kappa shape index (κ2) is 5.99. The number of benzene rings is 1. The molecular formula is C12H18ClNO. The van der Waals surface area contributed by atoms with Crippen LogP contribution in [0.1, 0.15) is 24.8 Å². The fourth-order valence-corrected chi connectivity index (χ4v) is 1.53. The van der Waals surface area contributed by atoms with E-state index in [-0.39, 0.29) is 11.5 Å². The van der Waals surface area contributed by atoms with Crippen LogP contribution in [0.3, 0.4) is 0 Å². The summed E-state index contributed by atoms with van der Waals surface area (Å²) in [6.45, 7) is 4.79. The SMILES string of the molecule is COC(C)CNc1ccccc1C(C)Cl. The van der Waals surface area contributed by atoms with Crippen LogP contribution in [0, 0.1) is 0 Å². The monoisotopic (exact) mass is 227 g/mol. The Bertz CT molecular complexity index is 301. The molecule has 0 aliphatic rings. The molecule has 0 heterocycles. The van der Waals surface area contributed by atoms with E-state index in [0.717, 1.165) is 17.8 Å². The highest BCUT2D eigenvalue weighted by Crippen LogP contribution is 2.26. The zero-order valence-corrected chi connectivity index (χ0v) is 10.2. The van der Waals surface area contributed by atoms with Crippen molar-refractivity contribution < 1.29 is 4.74 Å². The first kappa shape index (κ1) is 12.3. The van der Waals surface area contributed by atoms with Gasteiger partial charge >= 0.3 is 0 Å². The third-order valence-corrected chi connectivity index (χ3v) is 2.61. The van der Waals surface area contributed by atoms with Crippen molar-refractivity contribution in [1.29, 1.82) is 0 Å². The summed E-state index contributed by atoms with van der Waals surface area (Å²) in [6, 6.07) is 8.08. The molecule has 1 rings (SSSR count). The van der Waals surface area contributed by atoms with E-state index in [0.29, 0.717) is 0 Å². The third kappa shape index (κ3) is 3.73. The molecule has 0 aliphatic carbocycles. The number of anilines is 1. The molecule has 0 fully saturated rings. The highest BCUT2D eigenvalue weighted by Gasteiger charge is 2.07. The van der Waals surface area contributed by atoms with Gasteiger partial charge in [-0.25, -0.2) is 0 Å². The quantitative estimate of drug-likeness (QED) is 0.779. The van der Waals surface area contributed by atoms with Gasteiger partial charge < -0.3 is 10.1 Å². The maximum absolute atomic E-state index is 6.09. The van der Waals surface area contributed by atoms with Gasteiger partial charge in [-0.15, -0.1) is 11.6 Å². The van der Waals surface area contributed by atoms with Crippen molar-refractivity contribution >= 4 is 17.3 Å². The molecule has 84 valence electrons. The van der Waals surface area contributed by atoms with E-state index in [1.54, 1.807) is 7.11 Å². The molecule has 2 unspecified atom stereocenters. The Morgan fingerprint density at radius 3 is 2.60 bits per heavy atom. The van der Waals surface area contributed by atoms with Gasteiger partial charge in [0.25, 0.3) is 0 Å². The van der Waals surface area contributed by atoms with Crippen molar-refractivity contribution in [2.45, 2.75) is 25.3 Å². The first-order valence-corrected chi connectivity index (χ1v) is 5.58. The molecule has 0 spiro atoms. The number of hydrogen-bond acceptors (Lipinski definition) is 2. The smallest absolute Gasteiger partial charge is 0.0715 e. The van der Waals surface area contributed by atoms with Crippen molar-refractivity contribution in [2.24, 2.45) is 0 Å². The lowest BCUT2D eigenvalue weighted by atomic mass is 10.1. The topological polar surface area (TPSA) is 21.3 Å². The summed E-state index contributed by atoms with van der Waals surface area (Å²) in [6.07, 6.45) is 0.198. The molecule has 1 aromatic carbocycles. The zero-order valence-electron chi connectivity index (χ0n) is 9.46. The Hall–Kier alpha value is -0.730. The van der Waals surface area contributed by atoms with Crippen LogP contribution >= 0.6 is 11.6 Å². The van der Waals surface area contributed by atoms with E-state index >= 15 is 0 Å². The molecule has 0 aromatic heterocycles. The number of nitrogens with one attached hydrogen (secondary N) is 1. The molecule has 0 saturated carbocycles. The van der Waals surface area contributed by atoms with Gasteiger partial charge in [-0.1, -0.05) is 18.2 Å². The van der Waals surface area contributed by atoms with Crippen LogP contribution in [-0.4, -0.2) is 19.8 Å². The summed E-state index contributed by atoms with van der Waals surface area (Å²) in [4.78, 5) is 0. The Morgan fingerprint density at radius 1 is 1.33 bits per heavy atom. The number of para-hydroxylation sites is 1. The molecule has 3 heteroatoms. The summed E-state index contributed by atoms with van der Waals surface area (Å²) < 4.78 is 5.18. The molecular weight excluding hydrogens is 210 g/mol. The summed E-state index contributed by atoms with van der Waals surface area (Å²) >= 11 is 6.09. The Labute approximate surface area is 96.6 Å². The van der Waals surface area contributed by atoms with Gasteiger partial charge in [-0.2, -0.15) is 0 Å². The molecule has 1 aromatic rings. The van der Waals surface area contributed by atoms with E-state index < -0.39 is 0 Å². The highest BCUT2D eigenvalue weighted by molar-refractivity contribution is 6.21. The standard InChI is InChI=1S/C12H18ClNO/c1-9(15-3)8-14-12-7-5-4-6-11(12)10(2)13/h4-7,9-10,14H,8H2,1-3H3. The lowest BCUT2D eigenvalue weighted by Gasteiger charge is -2.16. The predicted molar refractivity (Wildman–Crippen MR) is 65.7 cm³/mol.